The quantitative estimate of drug-likeness (QED) is 0.394. The molecule has 0 unspecified atom stereocenters. The molecule has 1 fully saturated rings. The highest BCUT2D eigenvalue weighted by atomic mass is 16.3. The summed E-state index contributed by atoms with van der Waals surface area (Å²) in [5.74, 6) is 0.0853. The van der Waals surface area contributed by atoms with Gasteiger partial charge in [-0.2, -0.15) is 0 Å². The van der Waals surface area contributed by atoms with Crippen molar-refractivity contribution in [2.45, 2.75) is 45.6 Å². The lowest BCUT2D eigenvalue weighted by molar-refractivity contribution is 0.0952. The summed E-state index contributed by atoms with van der Waals surface area (Å²) in [4.78, 5) is 15.1. The molecule has 1 aliphatic rings. The van der Waals surface area contributed by atoms with Crippen LogP contribution in [-0.4, -0.2) is 67.4 Å². The zero-order valence-electron chi connectivity index (χ0n) is 19.6. The van der Waals surface area contributed by atoms with Crippen molar-refractivity contribution in [3.05, 3.63) is 42.0 Å². The zero-order valence-corrected chi connectivity index (χ0v) is 19.6. The van der Waals surface area contributed by atoms with Gasteiger partial charge in [-0.05, 0) is 79.5 Å². The van der Waals surface area contributed by atoms with E-state index in [1.54, 1.807) is 28.9 Å². The molecule has 2 aromatic carbocycles. The van der Waals surface area contributed by atoms with Gasteiger partial charge in [0.25, 0.3) is 5.91 Å². The number of phenols is 2. The molecule has 4 rings (SSSR count). The Hall–Kier alpha value is -3.46. The molecule has 9 nitrogen and oxygen atoms in total. The van der Waals surface area contributed by atoms with Crippen LogP contribution >= 0.6 is 0 Å². The molecule has 1 amide bonds. The fourth-order valence-corrected chi connectivity index (χ4v) is 4.28. The summed E-state index contributed by atoms with van der Waals surface area (Å²) in [7, 11) is 0. The Bertz CT molecular complexity index is 1120. The highest BCUT2D eigenvalue weighted by Crippen LogP contribution is 2.39. The molecule has 0 radical (unpaired) electrons. The van der Waals surface area contributed by atoms with Crippen LogP contribution in [0.1, 0.15) is 49.4 Å². The van der Waals surface area contributed by atoms with E-state index < -0.39 is 0 Å². The van der Waals surface area contributed by atoms with Gasteiger partial charge in [0.1, 0.15) is 11.5 Å². The number of rotatable bonds is 10. The van der Waals surface area contributed by atoms with Gasteiger partial charge in [0.2, 0.25) is 0 Å². The summed E-state index contributed by atoms with van der Waals surface area (Å²) in [6.45, 7) is 6.63. The molecule has 0 bridgehead atoms. The lowest BCUT2D eigenvalue weighted by Gasteiger charge is -2.14. The van der Waals surface area contributed by atoms with Crippen molar-refractivity contribution in [2.75, 3.05) is 26.2 Å². The molecule has 0 spiro atoms. The Morgan fingerprint density at radius 3 is 2.62 bits per heavy atom. The Morgan fingerprint density at radius 1 is 1.03 bits per heavy atom. The van der Waals surface area contributed by atoms with Gasteiger partial charge in [0.05, 0.1) is 5.56 Å². The van der Waals surface area contributed by atoms with Crippen LogP contribution in [0.25, 0.3) is 22.5 Å². The number of carbonyl (C=O) groups excluding carboxylic acids is 1. The zero-order chi connectivity index (χ0) is 23.9. The first kappa shape index (κ1) is 23.7. The van der Waals surface area contributed by atoms with E-state index in [1.165, 1.54) is 18.9 Å². The van der Waals surface area contributed by atoms with Gasteiger partial charge < -0.3 is 20.4 Å². The summed E-state index contributed by atoms with van der Waals surface area (Å²) >= 11 is 0. The second kappa shape index (κ2) is 11.1. The Balaban J connectivity index is 1.51. The van der Waals surface area contributed by atoms with Crippen molar-refractivity contribution in [3.8, 4) is 34.0 Å². The average molecular weight is 465 g/mol. The van der Waals surface area contributed by atoms with E-state index in [9.17, 15) is 15.0 Å². The molecule has 0 saturated carbocycles. The van der Waals surface area contributed by atoms with Gasteiger partial charge in [-0.15, -0.1) is 5.10 Å². The molecule has 1 aromatic heterocycles. The fraction of sp³-hybridized carbons (Fsp3) is 0.440. The van der Waals surface area contributed by atoms with Crippen LogP contribution in [0.2, 0.25) is 0 Å². The number of hydrogen-bond acceptors (Lipinski definition) is 7. The number of nitrogens with one attached hydrogen (secondary N) is 1. The third-order valence-electron chi connectivity index (χ3n) is 6.18. The normalized spacial score (nSPS) is 13.9. The van der Waals surface area contributed by atoms with Crippen molar-refractivity contribution in [1.29, 1.82) is 0 Å². The van der Waals surface area contributed by atoms with Gasteiger partial charge >= 0.3 is 0 Å². The lowest BCUT2D eigenvalue weighted by Crippen LogP contribution is -2.28. The number of hydrogen-bond donors (Lipinski definition) is 3. The molecule has 9 heteroatoms. The number of aryl methyl sites for hydroxylation is 1. The van der Waals surface area contributed by atoms with Crippen LogP contribution in [0.3, 0.4) is 0 Å². The van der Waals surface area contributed by atoms with Crippen molar-refractivity contribution in [1.82, 2.24) is 30.4 Å². The number of nitrogens with zero attached hydrogens (tertiary/aromatic N) is 5. The average Bonchev–Trinajstić information content (AvgIpc) is 3.53. The number of unbranched alkanes of at least 4 members (excludes halogenated alkanes) is 1. The van der Waals surface area contributed by atoms with E-state index >= 15 is 0 Å². The van der Waals surface area contributed by atoms with E-state index in [0.29, 0.717) is 41.2 Å². The first-order chi connectivity index (χ1) is 16.6. The Labute approximate surface area is 199 Å². The molecule has 1 saturated heterocycles. The maximum Gasteiger partial charge on any atom is 0.251 e. The molecule has 34 heavy (non-hydrogen) atoms. The summed E-state index contributed by atoms with van der Waals surface area (Å²) in [5, 5.41) is 35.9. The van der Waals surface area contributed by atoms with Crippen LogP contribution in [0, 0.1) is 0 Å². The topological polar surface area (TPSA) is 116 Å². The Kier molecular flexibility index (Phi) is 7.74. The largest absolute Gasteiger partial charge is 0.507 e. The minimum Gasteiger partial charge on any atom is -0.507 e. The molecule has 1 aliphatic heterocycles. The van der Waals surface area contributed by atoms with Crippen molar-refractivity contribution < 1.29 is 15.0 Å². The smallest absolute Gasteiger partial charge is 0.251 e. The second-order valence-electron chi connectivity index (χ2n) is 8.70. The van der Waals surface area contributed by atoms with Crippen LogP contribution in [0.5, 0.6) is 11.5 Å². The number of carbonyl (C=O) groups is 1. The minimum atomic E-state index is -0.148. The van der Waals surface area contributed by atoms with Crippen LogP contribution in [0.4, 0.5) is 0 Å². The number of aromatic nitrogens is 4. The number of phenolic OH excluding ortho intramolecular Hbond substituents is 2. The third-order valence-corrected chi connectivity index (χ3v) is 6.18. The predicted octanol–water partition coefficient (Wildman–Crippen LogP) is 3.43. The standard InChI is InChI=1S/C25H32N6O3/c1-2-3-14-31-24(27-28-29-31)21-16-20(22(32)17-23(21)33)18-8-6-9-19(15-18)25(34)26-10-7-13-30-11-4-5-12-30/h6,8-9,15-17,32-33H,2-5,7,10-14H2,1H3,(H,26,34). The lowest BCUT2D eigenvalue weighted by atomic mass is 9.98. The number of aromatic hydroxyl groups is 2. The van der Waals surface area contributed by atoms with Gasteiger partial charge in [-0.25, -0.2) is 4.68 Å². The third kappa shape index (κ3) is 5.53. The molecule has 0 atom stereocenters. The van der Waals surface area contributed by atoms with Crippen molar-refractivity contribution >= 4 is 5.91 Å². The SMILES string of the molecule is CCCCn1nnnc1-c1cc(-c2cccc(C(=O)NCCCN3CCCC3)c2)c(O)cc1O. The molecular formula is C25H32N6O3. The number of benzene rings is 2. The van der Waals surface area contributed by atoms with E-state index in [1.807, 2.05) is 6.07 Å². The number of likely N-dealkylation sites (tertiary alicyclic amines) is 1. The van der Waals surface area contributed by atoms with Crippen molar-refractivity contribution in [2.24, 2.45) is 0 Å². The molecule has 3 N–H and O–H groups in total. The number of tetrazole rings is 1. The summed E-state index contributed by atoms with van der Waals surface area (Å²) in [6, 6.07) is 10.0. The molecule has 3 aromatic rings. The summed E-state index contributed by atoms with van der Waals surface area (Å²) in [6.07, 6.45) is 5.33. The second-order valence-corrected chi connectivity index (χ2v) is 8.70. The Morgan fingerprint density at radius 2 is 1.82 bits per heavy atom. The van der Waals surface area contributed by atoms with E-state index in [-0.39, 0.29) is 17.4 Å². The molecule has 2 heterocycles. The van der Waals surface area contributed by atoms with Crippen LogP contribution < -0.4 is 5.32 Å². The molecular weight excluding hydrogens is 432 g/mol. The first-order valence-electron chi connectivity index (χ1n) is 12.0. The van der Waals surface area contributed by atoms with Crippen LogP contribution in [-0.2, 0) is 6.54 Å². The maximum absolute atomic E-state index is 12.7. The van der Waals surface area contributed by atoms with Gasteiger partial charge in [0, 0.05) is 30.3 Å². The highest BCUT2D eigenvalue weighted by molar-refractivity contribution is 5.95. The van der Waals surface area contributed by atoms with E-state index in [0.717, 1.165) is 38.9 Å². The summed E-state index contributed by atoms with van der Waals surface area (Å²) < 4.78 is 1.64. The molecule has 180 valence electrons. The van der Waals surface area contributed by atoms with E-state index in [2.05, 4.69) is 32.7 Å². The number of amides is 1. The predicted molar refractivity (Wildman–Crippen MR) is 130 cm³/mol. The maximum atomic E-state index is 12.7. The van der Waals surface area contributed by atoms with Crippen molar-refractivity contribution in [3.63, 3.8) is 0 Å². The first-order valence-corrected chi connectivity index (χ1v) is 12.0. The van der Waals surface area contributed by atoms with Crippen LogP contribution in [0.15, 0.2) is 36.4 Å². The van der Waals surface area contributed by atoms with Gasteiger partial charge in [-0.1, -0.05) is 25.5 Å². The van der Waals surface area contributed by atoms with Gasteiger partial charge in [-0.3, -0.25) is 4.79 Å². The van der Waals surface area contributed by atoms with Gasteiger partial charge in [0.15, 0.2) is 5.82 Å². The highest BCUT2D eigenvalue weighted by Gasteiger charge is 2.18. The minimum absolute atomic E-state index is 0.0861. The summed E-state index contributed by atoms with van der Waals surface area (Å²) in [5.41, 5.74) is 2.09. The monoisotopic (exact) mass is 464 g/mol. The molecule has 0 aliphatic carbocycles. The van der Waals surface area contributed by atoms with E-state index in [4.69, 9.17) is 0 Å². The fourth-order valence-electron chi connectivity index (χ4n) is 4.28.